The van der Waals surface area contributed by atoms with Crippen LogP contribution in [-0.4, -0.2) is 13.2 Å². The second-order valence-electron chi connectivity index (χ2n) is 7.59. The maximum Gasteiger partial charge on any atom is 0.126 e. The third-order valence-corrected chi connectivity index (χ3v) is 5.76. The minimum Gasteiger partial charge on any atom is -0.493 e. The molecular formula is C28H38O2. The van der Waals surface area contributed by atoms with Crippen molar-refractivity contribution in [1.29, 1.82) is 0 Å². The van der Waals surface area contributed by atoms with Crippen LogP contribution in [0.15, 0.2) is 37.4 Å². The van der Waals surface area contributed by atoms with Crippen LogP contribution in [0.1, 0.15) is 61.1 Å². The van der Waals surface area contributed by atoms with Crippen LogP contribution in [0, 0.1) is 13.8 Å². The van der Waals surface area contributed by atoms with E-state index in [-0.39, 0.29) is 0 Å². The number of allylic oxidation sites excluding steroid dienone is 2. The number of benzene rings is 2. The van der Waals surface area contributed by atoms with E-state index in [0.29, 0.717) is 13.2 Å². The Hall–Kier alpha value is -2.48. The van der Waals surface area contributed by atoms with Crippen LogP contribution in [0.4, 0.5) is 0 Å². The largest absolute Gasteiger partial charge is 0.493 e. The van der Waals surface area contributed by atoms with Gasteiger partial charge >= 0.3 is 0 Å². The van der Waals surface area contributed by atoms with Crippen molar-refractivity contribution in [2.45, 2.75) is 67.2 Å². The maximum absolute atomic E-state index is 6.14. The van der Waals surface area contributed by atoms with Crippen molar-refractivity contribution in [2.24, 2.45) is 0 Å². The highest BCUT2D eigenvalue weighted by molar-refractivity contribution is 5.78. The van der Waals surface area contributed by atoms with Gasteiger partial charge in [-0.15, -0.1) is 13.2 Å². The molecule has 0 aromatic heterocycles. The van der Waals surface area contributed by atoms with Crippen LogP contribution in [0.5, 0.6) is 11.5 Å². The molecule has 0 unspecified atom stereocenters. The zero-order chi connectivity index (χ0) is 22.3. The van der Waals surface area contributed by atoms with Crippen LogP contribution in [0.2, 0.25) is 0 Å². The number of aryl methyl sites for hydroxylation is 1. The van der Waals surface area contributed by atoms with Gasteiger partial charge in [0.15, 0.2) is 0 Å². The van der Waals surface area contributed by atoms with Gasteiger partial charge in [-0.3, -0.25) is 0 Å². The van der Waals surface area contributed by atoms with Crippen LogP contribution in [0.3, 0.4) is 0 Å². The first-order valence-electron chi connectivity index (χ1n) is 11.3. The summed E-state index contributed by atoms with van der Waals surface area (Å²) in [7, 11) is 0. The molecule has 2 aromatic carbocycles. The summed E-state index contributed by atoms with van der Waals surface area (Å²) in [5, 5.41) is 0. The molecule has 0 aliphatic carbocycles. The molecule has 162 valence electrons. The standard InChI is InChI=1S/C28H38O2/c1-9-15-22-18-23(17-21(11-3)27(22)29-13-5)26-19(7)24(12-4)28(30-14-6)25(16-10-2)20(26)8/h9-10,17-18H,1-2,11-16H2,3-8H3. The maximum atomic E-state index is 6.14. The highest BCUT2D eigenvalue weighted by Crippen LogP contribution is 2.42. The monoisotopic (exact) mass is 406 g/mol. The summed E-state index contributed by atoms with van der Waals surface area (Å²) >= 11 is 0. The SMILES string of the molecule is C=CCc1cc(-c2c(C)c(CC)c(OCC)c(CC=C)c2C)cc(CC)c1OCC. The van der Waals surface area contributed by atoms with Crippen LogP contribution >= 0.6 is 0 Å². The molecule has 0 heterocycles. The first-order valence-corrected chi connectivity index (χ1v) is 11.3. The molecule has 0 amide bonds. The molecule has 0 spiro atoms. The van der Waals surface area contributed by atoms with Crippen LogP contribution in [-0.2, 0) is 25.7 Å². The van der Waals surface area contributed by atoms with E-state index in [4.69, 9.17) is 9.47 Å². The second kappa shape index (κ2) is 11.1. The van der Waals surface area contributed by atoms with Gasteiger partial charge in [-0.25, -0.2) is 0 Å². The summed E-state index contributed by atoms with van der Waals surface area (Å²) in [6.45, 7) is 22.2. The Labute approximate surface area is 183 Å². The van der Waals surface area contributed by atoms with E-state index in [1.54, 1.807) is 0 Å². The van der Waals surface area contributed by atoms with Crippen molar-refractivity contribution in [3.63, 3.8) is 0 Å². The Morgan fingerprint density at radius 1 is 0.733 bits per heavy atom. The topological polar surface area (TPSA) is 18.5 Å². The predicted octanol–water partition coefficient (Wildman–Crippen LogP) is 7.35. The predicted molar refractivity (Wildman–Crippen MR) is 130 cm³/mol. The summed E-state index contributed by atoms with van der Waals surface area (Å²) in [6.07, 6.45) is 7.41. The third kappa shape index (κ3) is 4.64. The Morgan fingerprint density at radius 3 is 1.83 bits per heavy atom. The number of rotatable bonds is 11. The van der Waals surface area contributed by atoms with E-state index in [1.165, 1.54) is 44.5 Å². The van der Waals surface area contributed by atoms with Crippen molar-refractivity contribution >= 4 is 0 Å². The lowest BCUT2D eigenvalue weighted by Gasteiger charge is -2.24. The van der Waals surface area contributed by atoms with Gasteiger partial charge in [0.2, 0.25) is 0 Å². The lowest BCUT2D eigenvalue weighted by Crippen LogP contribution is -2.08. The van der Waals surface area contributed by atoms with E-state index < -0.39 is 0 Å². The van der Waals surface area contributed by atoms with Crippen molar-refractivity contribution in [3.8, 4) is 22.6 Å². The average Bonchev–Trinajstić information content (AvgIpc) is 2.73. The van der Waals surface area contributed by atoms with E-state index >= 15 is 0 Å². The van der Waals surface area contributed by atoms with Crippen LogP contribution in [0.25, 0.3) is 11.1 Å². The quantitative estimate of drug-likeness (QED) is 0.363. The third-order valence-electron chi connectivity index (χ3n) is 5.76. The van der Waals surface area contributed by atoms with Gasteiger partial charge in [0.25, 0.3) is 0 Å². The zero-order valence-corrected chi connectivity index (χ0v) is 19.8. The zero-order valence-electron chi connectivity index (χ0n) is 19.8. The average molecular weight is 407 g/mol. The highest BCUT2D eigenvalue weighted by Gasteiger charge is 2.21. The Balaban J connectivity index is 2.89. The second-order valence-corrected chi connectivity index (χ2v) is 7.59. The summed E-state index contributed by atoms with van der Waals surface area (Å²) in [5.41, 5.74) is 10.2. The molecule has 0 bridgehead atoms. The fourth-order valence-electron chi connectivity index (χ4n) is 4.47. The minimum atomic E-state index is 0.668. The molecule has 0 saturated heterocycles. The molecule has 0 N–H and O–H groups in total. The highest BCUT2D eigenvalue weighted by atomic mass is 16.5. The molecule has 0 atom stereocenters. The first kappa shape index (κ1) is 23.8. The van der Waals surface area contributed by atoms with Gasteiger partial charge in [0.1, 0.15) is 11.5 Å². The summed E-state index contributed by atoms with van der Waals surface area (Å²) in [4.78, 5) is 0. The molecule has 30 heavy (non-hydrogen) atoms. The number of ether oxygens (including phenoxy) is 2. The fraction of sp³-hybridized carbons (Fsp3) is 0.429. The lowest BCUT2D eigenvalue weighted by molar-refractivity contribution is 0.333. The van der Waals surface area contributed by atoms with Gasteiger partial charge in [0.05, 0.1) is 13.2 Å². The number of hydrogen-bond acceptors (Lipinski definition) is 2. The molecule has 0 aliphatic heterocycles. The van der Waals surface area contributed by atoms with E-state index in [1.807, 2.05) is 19.1 Å². The van der Waals surface area contributed by atoms with Gasteiger partial charge in [-0.05, 0) is 104 Å². The van der Waals surface area contributed by atoms with Crippen molar-refractivity contribution < 1.29 is 9.47 Å². The Bertz CT molecular complexity index is 906. The van der Waals surface area contributed by atoms with Gasteiger partial charge in [-0.2, -0.15) is 0 Å². The van der Waals surface area contributed by atoms with E-state index in [9.17, 15) is 0 Å². The summed E-state index contributed by atoms with van der Waals surface area (Å²) in [5.74, 6) is 2.07. The Morgan fingerprint density at radius 2 is 1.30 bits per heavy atom. The van der Waals surface area contributed by atoms with Crippen molar-refractivity contribution in [3.05, 3.63) is 70.8 Å². The van der Waals surface area contributed by atoms with Crippen molar-refractivity contribution in [2.75, 3.05) is 13.2 Å². The fourth-order valence-corrected chi connectivity index (χ4v) is 4.47. The van der Waals surface area contributed by atoms with Crippen LogP contribution < -0.4 is 9.47 Å². The normalized spacial score (nSPS) is 10.7. The minimum absolute atomic E-state index is 0.668. The summed E-state index contributed by atoms with van der Waals surface area (Å²) < 4.78 is 12.2. The van der Waals surface area contributed by atoms with E-state index in [2.05, 4.69) is 59.9 Å². The molecule has 0 saturated carbocycles. The lowest BCUT2D eigenvalue weighted by atomic mass is 9.84. The van der Waals surface area contributed by atoms with E-state index in [0.717, 1.165) is 37.2 Å². The first-order chi connectivity index (χ1) is 14.5. The molecular weight excluding hydrogens is 368 g/mol. The molecule has 2 rings (SSSR count). The summed E-state index contributed by atoms with van der Waals surface area (Å²) in [6, 6.07) is 4.60. The number of hydrogen-bond donors (Lipinski definition) is 0. The molecule has 0 fully saturated rings. The molecule has 0 radical (unpaired) electrons. The Kier molecular flexibility index (Phi) is 8.77. The molecule has 2 nitrogen and oxygen atoms in total. The van der Waals surface area contributed by atoms with Crippen molar-refractivity contribution in [1.82, 2.24) is 0 Å². The molecule has 2 heteroatoms. The smallest absolute Gasteiger partial charge is 0.126 e. The molecule has 0 aliphatic rings. The molecule has 2 aromatic rings. The van der Waals surface area contributed by atoms with Gasteiger partial charge < -0.3 is 9.47 Å². The van der Waals surface area contributed by atoms with Gasteiger partial charge in [-0.1, -0.05) is 26.0 Å². The van der Waals surface area contributed by atoms with Gasteiger partial charge in [0, 0.05) is 5.56 Å².